The number of nitro groups is 1. The fourth-order valence-corrected chi connectivity index (χ4v) is 5.02. The van der Waals surface area contributed by atoms with Gasteiger partial charge in [-0.25, -0.2) is 0 Å². The lowest BCUT2D eigenvalue weighted by Gasteiger charge is -2.25. The van der Waals surface area contributed by atoms with Gasteiger partial charge < -0.3 is 9.47 Å². The molecule has 0 saturated heterocycles. The number of hydrogen-bond acceptors (Lipinski definition) is 9. The third-order valence-electron chi connectivity index (χ3n) is 5.31. The maximum atomic E-state index is 12.3. The highest BCUT2D eigenvalue weighted by atomic mass is 32.2. The van der Waals surface area contributed by atoms with Crippen LogP contribution in [0.3, 0.4) is 0 Å². The van der Waals surface area contributed by atoms with Gasteiger partial charge in [-0.3, -0.25) is 18.9 Å². The quantitative estimate of drug-likeness (QED) is 0.0925. The molecule has 3 rings (SSSR count). The van der Waals surface area contributed by atoms with E-state index in [0.717, 1.165) is 18.6 Å². The molecule has 0 spiro atoms. The summed E-state index contributed by atoms with van der Waals surface area (Å²) in [7, 11) is -8.84. The topological polar surface area (TPSA) is 159 Å². The summed E-state index contributed by atoms with van der Waals surface area (Å²) < 4.78 is 74.4. The Bertz CT molecular complexity index is 1500. The average Bonchev–Trinajstić information content (AvgIpc) is 2.82. The molecule has 0 saturated carbocycles. The second-order valence-electron chi connectivity index (χ2n) is 8.20. The first-order chi connectivity index (χ1) is 17.2. The zero-order valence-corrected chi connectivity index (χ0v) is 21.8. The minimum atomic E-state index is -4.82. The van der Waals surface area contributed by atoms with Gasteiger partial charge in [0.05, 0.1) is 22.3 Å². The summed E-state index contributed by atoms with van der Waals surface area (Å²) in [6.07, 6.45) is 0. The van der Waals surface area contributed by atoms with Gasteiger partial charge in [0.1, 0.15) is 18.1 Å². The number of ether oxygens (including phenoxy) is 2. The van der Waals surface area contributed by atoms with Crippen molar-refractivity contribution in [3.8, 4) is 11.5 Å². The highest BCUT2D eigenvalue weighted by Crippen LogP contribution is 2.37. The summed E-state index contributed by atoms with van der Waals surface area (Å²) in [4.78, 5) is 10.6. The summed E-state index contributed by atoms with van der Waals surface area (Å²) in [5.74, 6) is -0.0983. The Labute approximate surface area is 214 Å². The van der Waals surface area contributed by atoms with E-state index in [1.807, 2.05) is 6.92 Å². The third kappa shape index (κ3) is 6.63. The lowest BCUT2D eigenvalue weighted by molar-refractivity contribution is -0.622. The van der Waals surface area contributed by atoms with Crippen molar-refractivity contribution in [2.75, 3.05) is 13.2 Å². The molecule has 0 aliphatic heterocycles. The first-order valence-electron chi connectivity index (χ1n) is 10.8. The van der Waals surface area contributed by atoms with Crippen LogP contribution in [-0.4, -0.2) is 39.5 Å². The van der Waals surface area contributed by atoms with Gasteiger partial charge in [-0.15, -0.1) is 0 Å². The molecule has 13 heteroatoms. The normalized spacial score (nSPS) is 13.5. The largest absolute Gasteiger partial charge is 0.487 e. The van der Waals surface area contributed by atoms with Crippen LogP contribution < -0.4 is 9.47 Å². The van der Waals surface area contributed by atoms with Crippen molar-refractivity contribution in [3.63, 3.8) is 0 Å². The molecule has 0 aliphatic carbocycles. The third-order valence-corrected chi connectivity index (χ3v) is 7.55. The van der Waals surface area contributed by atoms with E-state index in [2.05, 4.69) is 0 Å². The van der Waals surface area contributed by atoms with Crippen molar-refractivity contribution < 1.29 is 40.0 Å². The van der Waals surface area contributed by atoms with Gasteiger partial charge in [0.25, 0.3) is 20.2 Å². The van der Waals surface area contributed by atoms with Gasteiger partial charge >= 0.3 is 5.72 Å². The van der Waals surface area contributed by atoms with E-state index in [4.69, 9.17) is 13.7 Å². The molecule has 3 aromatic rings. The number of benzene rings is 3. The van der Waals surface area contributed by atoms with Gasteiger partial charge in [-0.05, 0) is 50.2 Å². The van der Waals surface area contributed by atoms with Crippen LogP contribution in [0, 0.1) is 24.0 Å². The maximum Gasteiger partial charge on any atom is 0.388 e. The van der Waals surface area contributed by atoms with E-state index in [1.165, 1.54) is 42.5 Å². The van der Waals surface area contributed by atoms with Crippen molar-refractivity contribution in [3.05, 3.63) is 93.5 Å². The van der Waals surface area contributed by atoms with Crippen LogP contribution in [0.2, 0.25) is 0 Å². The predicted molar refractivity (Wildman–Crippen MR) is 132 cm³/mol. The molecule has 0 amide bonds. The zero-order valence-electron chi connectivity index (χ0n) is 20.2. The van der Waals surface area contributed by atoms with E-state index >= 15 is 0 Å². The molecule has 0 bridgehead atoms. The fraction of sp³-hybridized carbons (Fsp3) is 0.250. The summed E-state index contributed by atoms with van der Waals surface area (Å²) in [5.41, 5.74) is -1.45. The second kappa shape index (κ2) is 10.8. The number of aryl methyl sites for hydroxylation is 2. The van der Waals surface area contributed by atoms with Crippen molar-refractivity contribution in [2.24, 2.45) is 0 Å². The Morgan fingerprint density at radius 1 is 0.892 bits per heavy atom. The van der Waals surface area contributed by atoms with Crippen molar-refractivity contribution in [2.45, 2.75) is 36.3 Å². The molecule has 0 fully saturated rings. The number of para-hydroxylation sites is 2. The molecular weight excluding hydrogens is 526 g/mol. The molecule has 1 unspecified atom stereocenters. The van der Waals surface area contributed by atoms with Crippen LogP contribution in [0.25, 0.3) is 0 Å². The van der Waals surface area contributed by atoms with E-state index in [-0.39, 0.29) is 35.2 Å². The van der Waals surface area contributed by atoms with E-state index in [0.29, 0.717) is 5.56 Å². The van der Waals surface area contributed by atoms with Gasteiger partial charge in [0.15, 0.2) is 11.5 Å². The molecule has 37 heavy (non-hydrogen) atoms. The minimum Gasteiger partial charge on any atom is -0.487 e. The molecule has 1 N–H and O–H groups in total. The molecule has 1 atom stereocenters. The SMILES string of the molecule is Cc1ccc(S(=O)(=O)OCCOc2ccccc2OC(C)(c2cc(C)ccc2S(=O)(=O)O)[N+](=O)[O-])cc1. The lowest BCUT2D eigenvalue weighted by Crippen LogP contribution is -2.39. The molecule has 11 nitrogen and oxygen atoms in total. The molecule has 198 valence electrons. The fourth-order valence-electron chi connectivity index (χ4n) is 3.36. The highest BCUT2D eigenvalue weighted by Gasteiger charge is 2.46. The minimum absolute atomic E-state index is 0.0172. The van der Waals surface area contributed by atoms with Crippen LogP contribution >= 0.6 is 0 Å². The van der Waals surface area contributed by atoms with E-state index in [9.17, 15) is 31.5 Å². The zero-order chi connectivity index (χ0) is 27.4. The first-order valence-corrected chi connectivity index (χ1v) is 13.7. The highest BCUT2D eigenvalue weighted by molar-refractivity contribution is 7.86. The summed E-state index contributed by atoms with van der Waals surface area (Å²) >= 11 is 0. The smallest absolute Gasteiger partial charge is 0.388 e. The number of nitrogens with zero attached hydrogens (tertiary/aromatic N) is 1. The van der Waals surface area contributed by atoms with Gasteiger partial charge in [-0.1, -0.05) is 41.5 Å². The monoisotopic (exact) mass is 551 g/mol. The average molecular weight is 552 g/mol. The Morgan fingerprint density at radius 2 is 1.49 bits per heavy atom. The van der Waals surface area contributed by atoms with Crippen LogP contribution in [0.5, 0.6) is 11.5 Å². The molecule has 0 aliphatic rings. The van der Waals surface area contributed by atoms with Gasteiger partial charge in [-0.2, -0.15) is 16.8 Å². The standard InChI is InChI=1S/C24H25NO10S2/c1-17-8-11-19(12-9-17)37(31,32)34-15-14-33-21-6-4-5-7-22(21)35-24(3,25(26)27)20-16-18(2)10-13-23(20)36(28,29)30/h4-13,16H,14-15H2,1-3H3,(H,28,29,30). The van der Waals surface area contributed by atoms with Crippen molar-refractivity contribution in [1.29, 1.82) is 0 Å². The molecule has 0 aromatic heterocycles. The second-order valence-corrected chi connectivity index (χ2v) is 11.2. The Hall–Kier alpha value is -3.52. The summed E-state index contributed by atoms with van der Waals surface area (Å²) in [6.45, 7) is 3.85. The molecule has 3 aromatic carbocycles. The van der Waals surface area contributed by atoms with Crippen LogP contribution in [0.1, 0.15) is 23.6 Å². The number of rotatable bonds is 11. The molecule has 0 radical (unpaired) electrons. The van der Waals surface area contributed by atoms with Gasteiger partial charge in [0.2, 0.25) is 0 Å². The lowest BCUT2D eigenvalue weighted by atomic mass is 10.0. The Kier molecular flexibility index (Phi) is 8.22. The number of hydrogen-bond donors (Lipinski definition) is 1. The summed E-state index contributed by atoms with van der Waals surface area (Å²) in [5, 5.41) is 12.1. The molecule has 0 heterocycles. The maximum absolute atomic E-state index is 12.3. The Morgan fingerprint density at radius 3 is 2.08 bits per heavy atom. The van der Waals surface area contributed by atoms with Crippen LogP contribution in [0.15, 0.2) is 76.5 Å². The predicted octanol–water partition coefficient (Wildman–Crippen LogP) is 3.86. The van der Waals surface area contributed by atoms with Crippen molar-refractivity contribution in [1.82, 2.24) is 0 Å². The van der Waals surface area contributed by atoms with Crippen LogP contribution in [0.4, 0.5) is 0 Å². The van der Waals surface area contributed by atoms with E-state index in [1.54, 1.807) is 25.1 Å². The summed E-state index contributed by atoms with van der Waals surface area (Å²) in [6, 6.07) is 15.6. The van der Waals surface area contributed by atoms with Crippen molar-refractivity contribution >= 4 is 20.2 Å². The first kappa shape index (κ1) is 28.1. The van der Waals surface area contributed by atoms with E-state index < -0.39 is 35.8 Å². The Balaban J connectivity index is 1.82. The van der Waals surface area contributed by atoms with Gasteiger partial charge in [0, 0.05) is 0 Å². The molecular formula is C24H25NO10S2. The van der Waals surface area contributed by atoms with Crippen LogP contribution in [-0.2, 0) is 30.1 Å².